The van der Waals surface area contributed by atoms with E-state index in [9.17, 15) is 13.2 Å². The van der Waals surface area contributed by atoms with Crippen molar-refractivity contribution in [2.45, 2.75) is 32.4 Å². The van der Waals surface area contributed by atoms with Crippen LogP contribution < -0.4 is 4.72 Å². The molecule has 0 spiro atoms. The lowest BCUT2D eigenvalue weighted by atomic mass is 10.1. The molecule has 1 atom stereocenters. The number of para-hydroxylation sites is 1. The fourth-order valence-electron chi connectivity index (χ4n) is 3.40. The number of rotatable bonds is 4. The number of fused-ring (bicyclic) bond motifs is 1. The first-order valence-corrected chi connectivity index (χ1v) is 10.0. The molecule has 1 saturated heterocycles. The second-order valence-electron chi connectivity index (χ2n) is 6.50. The molecule has 1 amide bonds. The Bertz CT molecular complexity index is 857. The molecule has 0 unspecified atom stereocenters. The number of sulfonamides is 1. The Labute approximate surface area is 142 Å². The van der Waals surface area contributed by atoms with E-state index in [1.165, 1.54) is 0 Å². The summed E-state index contributed by atoms with van der Waals surface area (Å²) in [6.45, 7) is 3.39. The van der Waals surface area contributed by atoms with Crippen LogP contribution >= 0.6 is 0 Å². The number of nitrogens with zero attached hydrogens (tertiary/aromatic N) is 2. The van der Waals surface area contributed by atoms with Crippen molar-refractivity contribution in [3.63, 3.8) is 0 Å². The molecule has 1 aromatic heterocycles. The van der Waals surface area contributed by atoms with Gasteiger partial charge in [0.15, 0.2) is 0 Å². The van der Waals surface area contributed by atoms with E-state index < -0.39 is 10.0 Å². The quantitative estimate of drug-likeness (QED) is 0.909. The Morgan fingerprint density at radius 2 is 2.08 bits per heavy atom. The van der Waals surface area contributed by atoms with Gasteiger partial charge in [-0.3, -0.25) is 4.79 Å². The molecule has 0 bridgehead atoms. The van der Waals surface area contributed by atoms with E-state index in [2.05, 4.69) is 10.8 Å². The lowest BCUT2D eigenvalue weighted by molar-refractivity contribution is -0.133. The standard InChI is InChI=1S/C17H23N3O3S/c1-13-10-14-6-3-4-8-16(14)20(13)12-17(21)19-9-5-7-15(11-19)18-24(2,22)23/h3-4,6,8,10,15,18H,5,7,9,11-12H2,1-2H3/t15-/m0/s1. The molecule has 1 fully saturated rings. The Kier molecular flexibility index (Phi) is 4.64. The minimum absolute atomic E-state index is 0.0273. The van der Waals surface area contributed by atoms with Crippen LogP contribution in [0.4, 0.5) is 0 Å². The van der Waals surface area contributed by atoms with Gasteiger partial charge in [-0.15, -0.1) is 0 Å². The highest BCUT2D eigenvalue weighted by molar-refractivity contribution is 7.88. The zero-order chi connectivity index (χ0) is 17.3. The van der Waals surface area contributed by atoms with Gasteiger partial charge in [-0.05, 0) is 37.3 Å². The van der Waals surface area contributed by atoms with Crippen LogP contribution in [0, 0.1) is 6.92 Å². The molecule has 1 aliphatic rings. The summed E-state index contributed by atoms with van der Waals surface area (Å²) < 4.78 is 27.4. The predicted molar refractivity (Wildman–Crippen MR) is 94.3 cm³/mol. The summed E-state index contributed by atoms with van der Waals surface area (Å²) >= 11 is 0. The molecule has 1 aromatic carbocycles. The zero-order valence-corrected chi connectivity index (χ0v) is 14.8. The smallest absolute Gasteiger partial charge is 0.242 e. The van der Waals surface area contributed by atoms with Crippen LogP contribution in [-0.2, 0) is 21.4 Å². The molecule has 24 heavy (non-hydrogen) atoms. The lowest BCUT2D eigenvalue weighted by Gasteiger charge is -2.33. The van der Waals surface area contributed by atoms with Crippen LogP contribution in [0.5, 0.6) is 0 Å². The van der Waals surface area contributed by atoms with Crippen LogP contribution in [0.2, 0.25) is 0 Å². The van der Waals surface area contributed by atoms with Crippen molar-refractivity contribution >= 4 is 26.8 Å². The Balaban J connectivity index is 1.73. The molecule has 0 saturated carbocycles. The number of benzene rings is 1. The molecule has 6 nitrogen and oxygen atoms in total. The van der Waals surface area contributed by atoms with Crippen LogP contribution in [-0.4, -0.2) is 49.2 Å². The maximum atomic E-state index is 12.7. The first-order chi connectivity index (χ1) is 11.3. The molecule has 3 rings (SSSR count). The van der Waals surface area contributed by atoms with Gasteiger partial charge in [0.2, 0.25) is 15.9 Å². The van der Waals surface area contributed by atoms with Gasteiger partial charge in [-0.2, -0.15) is 0 Å². The summed E-state index contributed by atoms with van der Waals surface area (Å²) in [4.78, 5) is 14.5. The number of carbonyl (C=O) groups is 1. The second kappa shape index (κ2) is 6.57. The molecular formula is C17H23N3O3S. The van der Waals surface area contributed by atoms with Crippen molar-refractivity contribution in [2.75, 3.05) is 19.3 Å². The van der Waals surface area contributed by atoms with Gasteiger partial charge < -0.3 is 9.47 Å². The first-order valence-electron chi connectivity index (χ1n) is 8.13. The molecule has 0 aliphatic carbocycles. The van der Waals surface area contributed by atoms with Crippen molar-refractivity contribution in [3.8, 4) is 0 Å². The predicted octanol–water partition coefficient (Wildman–Crippen LogP) is 1.49. The zero-order valence-electron chi connectivity index (χ0n) is 14.0. The van der Waals surface area contributed by atoms with Crippen molar-refractivity contribution < 1.29 is 13.2 Å². The number of aromatic nitrogens is 1. The van der Waals surface area contributed by atoms with Crippen LogP contribution in [0.15, 0.2) is 30.3 Å². The highest BCUT2D eigenvalue weighted by Crippen LogP contribution is 2.20. The first kappa shape index (κ1) is 17.0. The van der Waals surface area contributed by atoms with E-state index in [1.54, 1.807) is 4.90 Å². The number of hydrogen-bond donors (Lipinski definition) is 1. The van der Waals surface area contributed by atoms with Gasteiger partial charge in [-0.1, -0.05) is 18.2 Å². The van der Waals surface area contributed by atoms with Gasteiger partial charge in [0.05, 0.1) is 6.26 Å². The monoisotopic (exact) mass is 349 g/mol. The number of hydrogen-bond acceptors (Lipinski definition) is 3. The number of likely N-dealkylation sites (tertiary alicyclic amines) is 1. The van der Waals surface area contributed by atoms with Crippen molar-refractivity contribution in [1.82, 2.24) is 14.2 Å². The average Bonchev–Trinajstić information content (AvgIpc) is 2.82. The fraction of sp³-hybridized carbons (Fsp3) is 0.471. The Morgan fingerprint density at radius 1 is 1.33 bits per heavy atom. The van der Waals surface area contributed by atoms with E-state index in [0.717, 1.165) is 35.7 Å². The van der Waals surface area contributed by atoms with Crippen LogP contribution in [0.25, 0.3) is 10.9 Å². The SMILES string of the molecule is Cc1cc2ccccc2n1CC(=O)N1CCC[C@H](NS(C)(=O)=O)C1. The van der Waals surface area contributed by atoms with E-state index in [1.807, 2.05) is 35.8 Å². The van der Waals surface area contributed by atoms with Gasteiger partial charge in [0, 0.05) is 30.3 Å². The number of aryl methyl sites for hydroxylation is 1. The molecule has 2 heterocycles. The Morgan fingerprint density at radius 3 is 2.83 bits per heavy atom. The van der Waals surface area contributed by atoms with Gasteiger partial charge in [0.25, 0.3) is 0 Å². The summed E-state index contributed by atoms with van der Waals surface area (Å²) in [5.74, 6) is 0.0273. The minimum atomic E-state index is -3.25. The molecular weight excluding hydrogens is 326 g/mol. The number of nitrogens with one attached hydrogen (secondary N) is 1. The number of carbonyl (C=O) groups excluding carboxylic acids is 1. The minimum Gasteiger partial charge on any atom is -0.340 e. The third-order valence-corrected chi connectivity index (χ3v) is 5.23. The second-order valence-corrected chi connectivity index (χ2v) is 8.28. The van der Waals surface area contributed by atoms with E-state index in [4.69, 9.17) is 0 Å². The molecule has 2 aromatic rings. The normalized spacial score (nSPS) is 18.9. The summed E-state index contributed by atoms with van der Waals surface area (Å²) in [7, 11) is -3.25. The molecule has 1 aliphatic heterocycles. The molecule has 0 radical (unpaired) electrons. The number of piperidine rings is 1. The summed E-state index contributed by atoms with van der Waals surface area (Å²) in [6, 6.07) is 9.89. The summed E-state index contributed by atoms with van der Waals surface area (Å²) in [5.41, 5.74) is 2.10. The van der Waals surface area contributed by atoms with Crippen molar-refractivity contribution in [1.29, 1.82) is 0 Å². The van der Waals surface area contributed by atoms with E-state index in [0.29, 0.717) is 13.1 Å². The molecule has 130 valence electrons. The maximum Gasteiger partial charge on any atom is 0.242 e. The highest BCUT2D eigenvalue weighted by atomic mass is 32.2. The van der Waals surface area contributed by atoms with Gasteiger partial charge in [-0.25, -0.2) is 13.1 Å². The van der Waals surface area contributed by atoms with Crippen molar-refractivity contribution in [2.24, 2.45) is 0 Å². The third-order valence-electron chi connectivity index (χ3n) is 4.47. The summed E-state index contributed by atoms with van der Waals surface area (Å²) in [6.07, 6.45) is 2.73. The molecule has 7 heteroatoms. The highest BCUT2D eigenvalue weighted by Gasteiger charge is 2.26. The average molecular weight is 349 g/mol. The fourth-order valence-corrected chi connectivity index (χ4v) is 4.19. The van der Waals surface area contributed by atoms with E-state index in [-0.39, 0.29) is 18.5 Å². The maximum absolute atomic E-state index is 12.7. The van der Waals surface area contributed by atoms with Crippen LogP contribution in [0.3, 0.4) is 0 Å². The van der Waals surface area contributed by atoms with Crippen LogP contribution in [0.1, 0.15) is 18.5 Å². The third kappa shape index (κ3) is 3.79. The largest absolute Gasteiger partial charge is 0.340 e. The summed E-state index contributed by atoms with van der Waals surface area (Å²) in [5, 5.41) is 1.12. The van der Waals surface area contributed by atoms with Gasteiger partial charge in [0.1, 0.15) is 6.54 Å². The van der Waals surface area contributed by atoms with Gasteiger partial charge >= 0.3 is 0 Å². The van der Waals surface area contributed by atoms with Crippen molar-refractivity contribution in [3.05, 3.63) is 36.0 Å². The Hall–Kier alpha value is -1.86. The topological polar surface area (TPSA) is 71.4 Å². The molecule has 1 N–H and O–H groups in total. The lowest BCUT2D eigenvalue weighted by Crippen LogP contribution is -2.50. The number of amides is 1. The van der Waals surface area contributed by atoms with E-state index >= 15 is 0 Å².